The summed E-state index contributed by atoms with van der Waals surface area (Å²) >= 11 is 0. The van der Waals surface area contributed by atoms with Crippen molar-refractivity contribution >= 4 is 30.4 Å². The molecule has 16 heavy (non-hydrogen) atoms. The molecule has 102 valence electrons. The molecule has 0 bridgehead atoms. The molecule has 0 aliphatic heterocycles. The monoisotopic (exact) mass is 344 g/mol. The Morgan fingerprint density at radius 3 is 0.562 bits per heavy atom. The van der Waals surface area contributed by atoms with Crippen LogP contribution in [-0.2, 0) is 47.1 Å². The van der Waals surface area contributed by atoms with Crippen LogP contribution in [0.15, 0.2) is 0 Å². The maximum absolute atomic E-state index is 9.08. The molecule has 0 heterocycles. The van der Waals surface area contributed by atoms with Crippen LogP contribution in [0.4, 0.5) is 0 Å². The minimum atomic E-state index is -3.92. The topological polar surface area (TPSA) is 172 Å². The fourth-order valence-electron chi connectivity index (χ4n) is 0. The molecule has 0 rings (SSSR count). The van der Waals surface area contributed by atoms with Crippen molar-refractivity contribution in [1.29, 1.82) is 0 Å². The molecule has 0 saturated heterocycles. The van der Waals surface area contributed by atoms with Gasteiger partial charge in [0.1, 0.15) is 0 Å². The van der Waals surface area contributed by atoms with Crippen LogP contribution in [0, 0.1) is 0 Å². The van der Waals surface area contributed by atoms with E-state index in [4.69, 9.17) is 38.9 Å². The normalized spacial score (nSPS) is 10.9. The molecule has 0 fully saturated rings. The first-order chi connectivity index (χ1) is 6.00. The fourth-order valence-corrected chi connectivity index (χ4v) is 0. The van der Waals surface area contributed by atoms with Gasteiger partial charge in [0.15, 0.2) is 0 Å². The standard InChI is InChI=1S/3CH4O3S.Co/c3*1-5(2,3)4;/h3*1H3,(H,2,3,4);/q;;;+3/p-3. The average Bonchev–Trinajstić information content (AvgIpc) is 1.41. The Balaban J connectivity index is -0.0000000655. The summed E-state index contributed by atoms with van der Waals surface area (Å²) in [6.07, 6.45) is 1.81. The molecule has 9 nitrogen and oxygen atoms in total. The zero-order chi connectivity index (χ0) is 13.5. The smallest absolute Gasteiger partial charge is 0.748 e. The summed E-state index contributed by atoms with van der Waals surface area (Å²) in [6, 6.07) is 0. The SMILES string of the molecule is CS(=O)(=O)[O-].CS(=O)(=O)[O-].CS(=O)(=O)[O-].[Co+3]. The fraction of sp³-hybridized carbons (Fsp3) is 1.00. The summed E-state index contributed by atoms with van der Waals surface area (Å²) in [5.74, 6) is 0. The maximum atomic E-state index is 9.08. The third-order valence-electron chi connectivity index (χ3n) is 0. The van der Waals surface area contributed by atoms with E-state index in [1.807, 2.05) is 0 Å². The van der Waals surface area contributed by atoms with Gasteiger partial charge >= 0.3 is 16.8 Å². The third-order valence-corrected chi connectivity index (χ3v) is 0. The molecule has 0 aliphatic carbocycles. The van der Waals surface area contributed by atoms with E-state index in [0.717, 1.165) is 0 Å². The Hall–Kier alpha value is 0.236. The Kier molecular flexibility index (Phi) is 14.6. The predicted octanol–water partition coefficient (Wildman–Crippen LogP) is -2.52. The van der Waals surface area contributed by atoms with Gasteiger partial charge in [-0.2, -0.15) is 0 Å². The first-order valence-corrected chi connectivity index (χ1v) is 8.17. The molecule has 0 aliphatic rings. The van der Waals surface area contributed by atoms with Crippen LogP contribution >= 0.6 is 0 Å². The van der Waals surface area contributed by atoms with Gasteiger partial charge in [-0.3, -0.25) is 0 Å². The van der Waals surface area contributed by atoms with Gasteiger partial charge in [-0.25, -0.2) is 25.3 Å². The Labute approximate surface area is 105 Å². The second-order valence-corrected chi connectivity index (χ2v) is 6.34. The van der Waals surface area contributed by atoms with E-state index < -0.39 is 30.4 Å². The molecule has 0 atom stereocenters. The van der Waals surface area contributed by atoms with E-state index >= 15 is 0 Å². The van der Waals surface area contributed by atoms with E-state index in [0.29, 0.717) is 18.8 Å². The van der Waals surface area contributed by atoms with Crippen molar-refractivity contribution in [3.63, 3.8) is 0 Å². The largest absolute Gasteiger partial charge is 3.00 e. The van der Waals surface area contributed by atoms with Crippen molar-refractivity contribution in [2.45, 2.75) is 0 Å². The minimum absolute atomic E-state index is 0. The molecule has 0 aromatic heterocycles. The summed E-state index contributed by atoms with van der Waals surface area (Å²) < 4.78 is 81.7. The van der Waals surface area contributed by atoms with Crippen LogP contribution in [0.1, 0.15) is 0 Å². The van der Waals surface area contributed by atoms with Gasteiger partial charge in [-0.15, -0.1) is 0 Å². The van der Waals surface area contributed by atoms with Crippen molar-refractivity contribution in [2.24, 2.45) is 0 Å². The zero-order valence-corrected chi connectivity index (χ0v) is 11.7. The molecule has 0 N–H and O–H groups in total. The van der Waals surface area contributed by atoms with Crippen LogP contribution < -0.4 is 0 Å². The maximum Gasteiger partial charge on any atom is 3.00 e. The minimum Gasteiger partial charge on any atom is -0.748 e. The van der Waals surface area contributed by atoms with Crippen molar-refractivity contribution in [3.05, 3.63) is 0 Å². The summed E-state index contributed by atoms with van der Waals surface area (Å²) in [4.78, 5) is 0. The summed E-state index contributed by atoms with van der Waals surface area (Å²) in [7, 11) is -11.8. The first-order valence-electron chi connectivity index (χ1n) is 2.72. The summed E-state index contributed by atoms with van der Waals surface area (Å²) in [5, 5.41) is 0. The molecule has 0 radical (unpaired) electrons. The van der Waals surface area contributed by atoms with E-state index in [1.54, 1.807) is 0 Å². The molecule has 0 spiro atoms. The van der Waals surface area contributed by atoms with E-state index in [2.05, 4.69) is 0 Å². The Bertz CT molecular complexity index is 347. The Morgan fingerprint density at radius 2 is 0.562 bits per heavy atom. The van der Waals surface area contributed by atoms with Crippen LogP contribution in [0.25, 0.3) is 0 Å². The summed E-state index contributed by atoms with van der Waals surface area (Å²) in [6.45, 7) is 0. The van der Waals surface area contributed by atoms with Crippen molar-refractivity contribution in [3.8, 4) is 0 Å². The predicted molar refractivity (Wildman–Crippen MR) is 46.9 cm³/mol. The zero-order valence-electron chi connectivity index (χ0n) is 8.23. The van der Waals surface area contributed by atoms with E-state index in [1.165, 1.54) is 0 Å². The van der Waals surface area contributed by atoms with E-state index in [9.17, 15) is 0 Å². The van der Waals surface area contributed by atoms with Crippen LogP contribution in [-0.4, -0.2) is 57.7 Å². The number of hydrogen-bond donors (Lipinski definition) is 0. The summed E-state index contributed by atoms with van der Waals surface area (Å²) in [5.41, 5.74) is 0. The van der Waals surface area contributed by atoms with Crippen LogP contribution in [0.3, 0.4) is 0 Å². The molecule has 0 amide bonds. The molecule has 0 unspecified atom stereocenters. The quantitative estimate of drug-likeness (QED) is 0.430. The average molecular weight is 344 g/mol. The number of rotatable bonds is 0. The Morgan fingerprint density at radius 1 is 0.562 bits per heavy atom. The van der Waals surface area contributed by atoms with Gasteiger partial charge in [0, 0.05) is 18.8 Å². The first kappa shape index (κ1) is 25.2. The second kappa shape index (κ2) is 9.29. The van der Waals surface area contributed by atoms with Crippen molar-refractivity contribution < 1.29 is 55.7 Å². The van der Waals surface area contributed by atoms with Crippen molar-refractivity contribution in [2.75, 3.05) is 18.8 Å². The second-order valence-electron chi connectivity index (χ2n) is 2.11. The molecular formula is C3H9CoO9S3. The van der Waals surface area contributed by atoms with Gasteiger partial charge in [0.2, 0.25) is 0 Å². The van der Waals surface area contributed by atoms with Gasteiger partial charge in [0.25, 0.3) is 0 Å². The molecular weight excluding hydrogens is 335 g/mol. The van der Waals surface area contributed by atoms with Gasteiger partial charge < -0.3 is 13.7 Å². The third kappa shape index (κ3) is 44600. The van der Waals surface area contributed by atoms with Gasteiger partial charge in [-0.05, 0) is 0 Å². The van der Waals surface area contributed by atoms with E-state index in [-0.39, 0.29) is 16.8 Å². The molecule has 0 aromatic rings. The molecule has 0 saturated carbocycles. The van der Waals surface area contributed by atoms with Gasteiger partial charge in [0.05, 0.1) is 30.4 Å². The molecule has 13 heteroatoms. The number of hydrogen-bond acceptors (Lipinski definition) is 9. The van der Waals surface area contributed by atoms with Crippen LogP contribution in [0.2, 0.25) is 0 Å². The molecule has 0 aromatic carbocycles. The van der Waals surface area contributed by atoms with Crippen LogP contribution in [0.5, 0.6) is 0 Å². The van der Waals surface area contributed by atoms with Crippen molar-refractivity contribution in [1.82, 2.24) is 0 Å². The van der Waals surface area contributed by atoms with Gasteiger partial charge in [-0.1, -0.05) is 0 Å².